The molecule has 1 aromatic rings. The number of aliphatic hydroxyl groups excluding tert-OH is 1. The zero-order chi connectivity index (χ0) is 15.6. The third-order valence-corrected chi connectivity index (χ3v) is 5.08. The molecule has 0 saturated carbocycles. The molecule has 1 aromatic carbocycles. The fourth-order valence-corrected chi connectivity index (χ4v) is 2.54. The monoisotopic (exact) mass is 297 g/mol. The molecular formula is C16H27NO2S. The van der Waals surface area contributed by atoms with Crippen molar-refractivity contribution in [3.05, 3.63) is 35.4 Å². The highest BCUT2D eigenvalue weighted by Crippen LogP contribution is 2.26. The molecule has 0 fully saturated rings. The third kappa shape index (κ3) is 4.48. The molecule has 0 aromatic heterocycles. The Balaban J connectivity index is 2.90. The van der Waals surface area contributed by atoms with Crippen molar-refractivity contribution in [3.8, 4) is 0 Å². The Morgan fingerprint density at radius 2 is 1.85 bits per heavy atom. The van der Waals surface area contributed by atoms with Crippen LogP contribution in [-0.4, -0.2) is 21.0 Å². The van der Waals surface area contributed by atoms with Crippen LogP contribution >= 0.6 is 0 Å². The highest BCUT2D eigenvalue weighted by Gasteiger charge is 2.28. The van der Waals surface area contributed by atoms with Crippen LogP contribution in [0.3, 0.4) is 0 Å². The maximum Gasteiger partial charge on any atom is 0.136 e. The minimum atomic E-state index is -1.10. The summed E-state index contributed by atoms with van der Waals surface area (Å²) in [6.45, 7) is 12.0. The average Bonchev–Trinajstić information content (AvgIpc) is 2.37. The van der Waals surface area contributed by atoms with Gasteiger partial charge in [-0.25, -0.2) is 0 Å². The van der Waals surface area contributed by atoms with Crippen molar-refractivity contribution in [2.45, 2.75) is 57.7 Å². The van der Waals surface area contributed by atoms with Crippen molar-refractivity contribution in [3.63, 3.8) is 0 Å². The van der Waals surface area contributed by atoms with Crippen molar-refractivity contribution < 1.29 is 9.66 Å². The van der Waals surface area contributed by atoms with Gasteiger partial charge in [0.1, 0.15) is 4.75 Å². The minimum Gasteiger partial charge on any atom is -0.598 e. The largest absolute Gasteiger partial charge is 0.598 e. The number of hydrogen-bond acceptors (Lipinski definition) is 3. The zero-order valence-corrected chi connectivity index (χ0v) is 14.2. The second kappa shape index (κ2) is 6.48. The van der Waals surface area contributed by atoms with Crippen LogP contribution in [-0.2, 0) is 16.8 Å². The van der Waals surface area contributed by atoms with Crippen LogP contribution < -0.4 is 4.72 Å². The van der Waals surface area contributed by atoms with Gasteiger partial charge >= 0.3 is 0 Å². The maximum atomic E-state index is 12.1. The van der Waals surface area contributed by atoms with Gasteiger partial charge in [0.05, 0.1) is 12.6 Å². The fourth-order valence-electron chi connectivity index (χ4n) is 1.73. The summed E-state index contributed by atoms with van der Waals surface area (Å²) in [6.07, 6.45) is 0. The molecule has 0 saturated heterocycles. The van der Waals surface area contributed by atoms with E-state index in [0.29, 0.717) is 0 Å². The summed E-state index contributed by atoms with van der Waals surface area (Å²) in [5.74, 6) is 0. The Morgan fingerprint density at radius 1 is 1.25 bits per heavy atom. The Morgan fingerprint density at radius 3 is 2.35 bits per heavy atom. The molecule has 2 atom stereocenters. The lowest BCUT2D eigenvalue weighted by Crippen LogP contribution is -2.40. The molecule has 3 nitrogen and oxygen atoms in total. The molecule has 20 heavy (non-hydrogen) atoms. The van der Waals surface area contributed by atoms with Crippen molar-refractivity contribution in [1.29, 1.82) is 0 Å². The Hall–Kier alpha value is -0.550. The quantitative estimate of drug-likeness (QED) is 0.821. The molecule has 0 unspecified atom stereocenters. The van der Waals surface area contributed by atoms with Gasteiger partial charge in [0, 0.05) is 16.8 Å². The van der Waals surface area contributed by atoms with Gasteiger partial charge in [-0.05, 0) is 38.8 Å². The minimum absolute atomic E-state index is 0.00417. The van der Waals surface area contributed by atoms with E-state index in [4.69, 9.17) is 0 Å². The molecule has 114 valence electrons. The number of rotatable bonds is 5. The lowest BCUT2D eigenvalue weighted by Gasteiger charge is -2.28. The van der Waals surface area contributed by atoms with Gasteiger partial charge in [0.15, 0.2) is 0 Å². The van der Waals surface area contributed by atoms with Crippen LogP contribution in [0.15, 0.2) is 24.3 Å². The van der Waals surface area contributed by atoms with E-state index >= 15 is 0 Å². The van der Waals surface area contributed by atoms with Crippen LogP contribution in [0.2, 0.25) is 0 Å². The number of nitrogens with one attached hydrogen (secondary N) is 1. The summed E-state index contributed by atoms with van der Waals surface area (Å²) in [7, 11) is 0. The van der Waals surface area contributed by atoms with E-state index in [9.17, 15) is 9.66 Å². The van der Waals surface area contributed by atoms with Gasteiger partial charge < -0.3 is 9.66 Å². The Kier molecular flexibility index (Phi) is 5.67. The molecule has 2 N–H and O–H groups in total. The highest BCUT2D eigenvalue weighted by atomic mass is 32.2. The van der Waals surface area contributed by atoms with Gasteiger partial charge in [0.2, 0.25) is 0 Å². The Labute approximate surface area is 126 Å². The molecule has 0 heterocycles. The first-order valence-corrected chi connectivity index (χ1v) is 8.12. The SMILES string of the molecule is C[C@@H](N[S@+]([O-])C(C)(C)C)c1cccc(C(C)(C)CO)c1. The summed E-state index contributed by atoms with van der Waals surface area (Å²) in [6, 6.07) is 8.11. The fraction of sp³-hybridized carbons (Fsp3) is 0.625. The third-order valence-electron chi connectivity index (χ3n) is 3.40. The predicted molar refractivity (Wildman–Crippen MR) is 86.0 cm³/mol. The lowest BCUT2D eigenvalue weighted by molar-refractivity contribution is 0.218. The van der Waals surface area contributed by atoms with Crippen LogP contribution in [0.4, 0.5) is 0 Å². The Bertz CT molecular complexity index is 440. The van der Waals surface area contributed by atoms with Crippen molar-refractivity contribution in [2.24, 2.45) is 0 Å². The number of aliphatic hydroxyl groups is 1. The van der Waals surface area contributed by atoms with E-state index in [0.717, 1.165) is 11.1 Å². The number of benzene rings is 1. The smallest absolute Gasteiger partial charge is 0.136 e. The molecule has 0 radical (unpaired) electrons. The van der Waals surface area contributed by atoms with E-state index in [1.165, 1.54) is 0 Å². The predicted octanol–water partition coefficient (Wildman–Crippen LogP) is 3.07. The van der Waals surface area contributed by atoms with Crippen LogP contribution in [0.25, 0.3) is 0 Å². The van der Waals surface area contributed by atoms with E-state index in [1.54, 1.807) is 0 Å². The topological polar surface area (TPSA) is 55.3 Å². The molecule has 0 spiro atoms. The summed E-state index contributed by atoms with van der Waals surface area (Å²) in [5, 5.41) is 9.46. The normalized spacial score (nSPS) is 16.0. The summed E-state index contributed by atoms with van der Waals surface area (Å²) >= 11 is -1.10. The van der Waals surface area contributed by atoms with Crippen LogP contribution in [0, 0.1) is 0 Å². The van der Waals surface area contributed by atoms with Gasteiger partial charge in [-0.2, -0.15) is 0 Å². The summed E-state index contributed by atoms with van der Waals surface area (Å²) in [4.78, 5) is 0. The zero-order valence-electron chi connectivity index (χ0n) is 13.4. The second-order valence-electron chi connectivity index (χ2n) is 6.89. The maximum absolute atomic E-state index is 12.1. The van der Waals surface area contributed by atoms with Gasteiger partial charge in [-0.15, -0.1) is 4.72 Å². The standard InChI is InChI=1S/C16H27NO2S/c1-12(17-20(19)15(2,3)4)13-8-7-9-14(10-13)16(5,6)11-18/h7-10,12,17-18H,11H2,1-6H3/t12-,20-/m1/s1. The van der Waals surface area contributed by atoms with E-state index in [2.05, 4.69) is 10.8 Å². The molecule has 0 bridgehead atoms. The molecule has 0 amide bonds. The van der Waals surface area contributed by atoms with Crippen molar-refractivity contribution >= 4 is 11.4 Å². The molecular weight excluding hydrogens is 270 g/mol. The summed E-state index contributed by atoms with van der Waals surface area (Å²) in [5.41, 5.74) is 1.91. The molecule has 4 heteroatoms. The van der Waals surface area contributed by atoms with Gasteiger partial charge in [-0.3, -0.25) is 0 Å². The highest BCUT2D eigenvalue weighted by molar-refractivity contribution is 7.90. The lowest BCUT2D eigenvalue weighted by atomic mass is 9.84. The van der Waals surface area contributed by atoms with Crippen LogP contribution in [0.1, 0.15) is 58.7 Å². The first-order valence-electron chi connectivity index (χ1n) is 6.97. The van der Waals surface area contributed by atoms with Crippen LogP contribution in [0.5, 0.6) is 0 Å². The number of hydrogen-bond donors (Lipinski definition) is 2. The molecule has 0 aliphatic carbocycles. The van der Waals surface area contributed by atoms with Gasteiger partial charge in [0.25, 0.3) is 0 Å². The summed E-state index contributed by atoms with van der Waals surface area (Å²) < 4.78 is 15.0. The first-order chi connectivity index (χ1) is 9.08. The van der Waals surface area contributed by atoms with Gasteiger partial charge in [-0.1, -0.05) is 38.1 Å². The average molecular weight is 297 g/mol. The second-order valence-corrected chi connectivity index (χ2v) is 8.89. The first kappa shape index (κ1) is 17.5. The van der Waals surface area contributed by atoms with Crippen molar-refractivity contribution in [1.82, 2.24) is 4.72 Å². The molecule has 0 aliphatic rings. The van der Waals surface area contributed by atoms with E-state index < -0.39 is 11.4 Å². The van der Waals surface area contributed by atoms with E-state index in [-0.39, 0.29) is 22.8 Å². The molecule has 0 aliphatic heterocycles. The van der Waals surface area contributed by atoms with E-state index in [1.807, 2.05) is 59.7 Å². The molecule has 1 rings (SSSR count). The van der Waals surface area contributed by atoms with Crippen molar-refractivity contribution in [2.75, 3.05) is 6.61 Å².